The summed E-state index contributed by atoms with van der Waals surface area (Å²) in [5.41, 5.74) is 2.57. The lowest BCUT2D eigenvalue weighted by molar-refractivity contribution is 0.228. The first-order valence-corrected chi connectivity index (χ1v) is 6.75. The highest BCUT2D eigenvalue weighted by Gasteiger charge is 2.21. The van der Waals surface area contributed by atoms with Crippen molar-refractivity contribution in [3.05, 3.63) is 47.8 Å². The number of hydrogen-bond donors (Lipinski definition) is 1. The summed E-state index contributed by atoms with van der Waals surface area (Å²) < 4.78 is 7.81. The van der Waals surface area contributed by atoms with E-state index in [0.29, 0.717) is 0 Å². The van der Waals surface area contributed by atoms with Crippen LogP contribution in [0.5, 0.6) is 5.75 Å². The van der Waals surface area contributed by atoms with Crippen LogP contribution in [0.2, 0.25) is 0 Å². The number of hydrogen-bond acceptors (Lipinski definition) is 3. The number of aromatic nitrogens is 2. The van der Waals surface area contributed by atoms with Crippen LogP contribution in [-0.4, -0.2) is 29.0 Å². The van der Waals surface area contributed by atoms with E-state index >= 15 is 0 Å². The van der Waals surface area contributed by atoms with Crippen molar-refractivity contribution in [3.63, 3.8) is 0 Å². The molecule has 0 aliphatic carbocycles. The average molecular weight is 257 g/mol. The monoisotopic (exact) mass is 257 g/mol. The quantitative estimate of drug-likeness (QED) is 0.826. The number of benzene rings is 1. The molecule has 2 heterocycles. The number of nitrogens with one attached hydrogen (secondary N) is 1. The number of fused-ring (bicyclic) bond motifs is 1. The summed E-state index contributed by atoms with van der Waals surface area (Å²) in [6.07, 6.45) is 4.11. The first-order chi connectivity index (χ1) is 9.33. The van der Waals surface area contributed by atoms with E-state index in [1.54, 1.807) is 0 Å². The van der Waals surface area contributed by atoms with E-state index in [9.17, 15) is 0 Å². The highest BCUT2D eigenvalue weighted by atomic mass is 16.5. The van der Waals surface area contributed by atoms with Crippen LogP contribution >= 0.6 is 0 Å². The summed E-state index contributed by atoms with van der Waals surface area (Å²) in [7, 11) is 1.98. The number of ether oxygens (including phenoxy) is 1. The van der Waals surface area contributed by atoms with Crippen molar-refractivity contribution in [1.29, 1.82) is 0 Å². The molecule has 1 aromatic carbocycles. The third kappa shape index (κ3) is 2.79. The van der Waals surface area contributed by atoms with Crippen LogP contribution in [0.1, 0.15) is 11.3 Å². The van der Waals surface area contributed by atoms with Crippen LogP contribution in [-0.2, 0) is 19.9 Å². The van der Waals surface area contributed by atoms with E-state index < -0.39 is 0 Å². The van der Waals surface area contributed by atoms with Crippen LogP contribution in [0.3, 0.4) is 0 Å². The molecule has 0 spiro atoms. The van der Waals surface area contributed by atoms with Gasteiger partial charge in [0.15, 0.2) is 0 Å². The number of aryl methyl sites for hydroxylation is 1. The molecule has 1 aromatic heterocycles. The Kier molecular flexibility index (Phi) is 3.51. The molecule has 0 fully saturated rings. The van der Waals surface area contributed by atoms with Crippen LogP contribution in [0, 0.1) is 0 Å². The molecule has 1 atom stereocenters. The molecule has 0 saturated heterocycles. The van der Waals surface area contributed by atoms with Crippen molar-refractivity contribution in [1.82, 2.24) is 15.1 Å². The van der Waals surface area contributed by atoms with Gasteiger partial charge in [0.2, 0.25) is 0 Å². The van der Waals surface area contributed by atoms with Gasteiger partial charge in [-0.15, -0.1) is 0 Å². The minimum Gasteiger partial charge on any atom is -0.488 e. The lowest BCUT2D eigenvalue weighted by Gasteiger charge is -2.11. The molecule has 4 heteroatoms. The molecule has 0 bridgehead atoms. The number of rotatable bonds is 5. The summed E-state index contributed by atoms with van der Waals surface area (Å²) in [4.78, 5) is 0. The van der Waals surface area contributed by atoms with Crippen molar-refractivity contribution < 1.29 is 4.74 Å². The summed E-state index contributed by atoms with van der Waals surface area (Å²) in [6.45, 7) is 1.85. The van der Waals surface area contributed by atoms with Crippen molar-refractivity contribution in [2.45, 2.75) is 18.9 Å². The third-order valence-corrected chi connectivity index (χ3v) is 3.57. The predicted octanol–water partition coefficient (Wildman–Crippen LogP) is 1.56. The minimum absolute atomic E-state index is 0.268. The van der Waals surface area contributed by atoms with E-state index in [1.807, 2.05) is 30.1 Å². The maximum Gasteiger partial charge on any atom is 0.123 e. The Morgan fingerprint density at radius 1 is 1.37 bits per heavy atom. The molecule has 1 N–H and O–H groups in total. The van der Waals surface area contributed by atoms with Crippen molar-refractivity contribution in [2.75, 3.05) is 13.1 Å². The highest BCUT2D eigenvalue weighted by Crippen LogP contribution is 2.27. The second kappa shape index (κ2) is 5.45. The SMILES string of the molecule is Cn1nccc1CCNCC1Cc2ccccc2O1. The fourth-order valence-electron chi connectivity index (χ4n) is 2.49. The molecule has 4 nitrogen and oxygen atoms in total. The van der Waals surface area contributed by atoms with Gasteiger partial charge in [-0.2, -0.15) is 5.10 Å². The first kappa shape index (κ1) is 12.2. The topological polar surface area (TPSA) is 39.1 Å². The maximum absolute atomic E-state index is 5.89. The van der Waals surface area contributed by atoms with Crippen LogP contribution in [0.4, 0.5) is 0 Å². The zero-order valence-corrected chi connectivity index (χ0v) is 11.2. The minimum atomic E-state index is 0.268. The summed E-state index contributed by atoms with van der Waals surface area (Å²) in [5.74, 6) is 1.04. The van der Waals surface area contributed by atoms with Gasteiger partial charge in [0.25, 0.3) is 0 Å². The lowest BCUT2D eigenvalue weighted by Crippen LogP contribution is -2.31. The Labute approximate surface area is 113 Å². The average Bonchev–Trinajstić information content (AvgIpc) is 3.00. The molecular formula is C15H19N3O. The molecule has 1 unspecified atom stereocenters. The standard InChI is InChI=1S/C15H19N3O/c1-18-13(7-9-17-18)6-8-16-11-14-10-12-4-2-3-5-15(12)19-14/h2-5,7,9,14,16H,6,8,10-11H2,1H3. The van der Waals surface area contributed by atoms with Gasteiger partial charge in [-0.1, -0.05) is 18.2 Å². The van der Waals surface area contributed by atoms with Gasteiger partial charge in [0.1, 0.15) is 11.9 Å². The second-order valence-corrected chi connectivity index (χ2v) is 4.95. The molecule has 1 aliphatic rings. The third-order valence-electron chi connectivity index (χ3n) is 3.57. The zero-order chi connectivity index (χ0) is 13.1. The van der Waals surface area contributed by atoms with Crippen LogP contribution < -0.4 is 10.1 Å². The molecule has 3 rings (SSSR count). The Bertz CT molecular complexity index is 525. The summed E-state index contributed by atoms with van der Waals surface area (Å²) in [5, 5.41) is 7.63. The molecule has 0 amide bonds. The van der Waals surface area contributed by atoms with Gasteiger partial charge in [0, 0.05) is 44.9 Å². The zero-order valence-electron chi connectivity index (χ0n) is 11.2. The molecule has 1 aliphatic heterocycles. The van der Waals surface area contributed by atoms with E-state index in [4.69, 9.17) is 4.74 Å². The van der Waals surface area contributed by atoms with Crippen molar-refractivity contribution in [3.8, 4) is 5.75 Å². The summed E-state index contributed by atoms with van der Waals surface area (Å²) >= 11 is 0. The first-order valence-electron chi connectivity index (χ1n) is 6.75. The maximum atomic E-state index is 5.89. The summed E-state index contributed by atoms with van der Waals surface area (Å²) in [6, 6.07) is 10.3. The highest BCUT2D eigenvalue weighted by molar-refractivity contribution is 5.37. The largest absolute Gasteiger partial charge is 0.488 e. The van der Waals surface area contributed by atoms with Gasteiger partial charge < -0.3 is 10.1 Å². The van der Waals surface area contributed by atoms with Gasteiger partial charge in [0.05, 0.1) is 0 Å². The second-order valence-electron chi connectivity index (χ2n) is 4.95. The molecule has 2 aromatic rings. The van der Waals surface area contributed by atoms with E-state index in [0.717, 1.165) is 31.7 Å². The lowest BCUT2D eigenvalue weighted by atomic mass is 10.1. The Morgan fingerprint density at radius 2 is 2.26 bits per heavy atom. The normalized spacial score (nSPS) is 17.2. The van der Waals surface area contributed by atoms with Crippen LogP contribution in [0.15, 0.2) is 36.5 Å². The van der Waals surface area contributed by atoms with Gasteiger partial charge in [-0.05, 0) is 17.7 Å². The Hall–Kier alpha value is -1.81. The molecule has 0 radical (unpaired) electrons. The van der Waals surface area contributed by atoms with Crippen molar-refractivity contribution in [2.24, 2.45) is 7.05 Å². The van der Waals surface area contributed by atoms with E-state index in [-0.39, 0.29) is 6.10 Å². The Morgan fingerprint density at radius 3 is 3.05 bits per heavy atom. The van der Waals surface area contributed by atoms with Gasteiger partial charge >= 0.3 is 0 Å². The Balaban J connectivity index is 1.42. The molecule has 100 valence electrons. The van der Waals surface area contributed by atoms with Crippen LogP contribution in [0.25, 0.3) is 0 Å². The van der Waals surface area contributed by atoms with Gasteiger partial charge in [-0.3, -0.25) is 4.68 Å². The van der Waals surface area contributed by atoms with Crippen molar-refractivity contribution >= 4 is 0 Å². The fraction of sp³-hybridized carbons (Fsp3) is 0.400. The predicted molar refractivity (Wildman–Crippen MR) is 74.3 cm³/mol. The smallest absolute Gasteiger partial charge is 0.123 e. The van der Waals surface area contributed by atoms with E-state index in [1.165, 1.54) is 11.3 Å². The molecule has 19 heavy (non-hydrogen) atoms. The molecular weight excluding hydrogens is 238 g/mol. The van der Waals surface area contributed by atoms with E-state index in [2.05, 4.69) is 28.6 Å². The number of nitrogens with zero attached hydrogens (tertiary/aromatic N) is 2. The molecule has 0 saturated carbocycles. The fourth-order valence-corrected chi connectivity index (χ4v) is 2.49. The van der Waals surface area contributed by atoms with Gasteiger partial charge in [-0.25, -0.2) is 0 Å². The number of para-hydroxylation sites is 1.